The van der Waals surface area contributed by atoms with Crippen LogP contribution in [0.3, 0.4) is 0 Å². The Hall–Kier alpha value is -2.08. The summed E-state index contributed by atoms with van der Waals surface area (Å²) < 4.78 is 0. The fraction of sp³-hybridized carbons (Fsp3) is 0.444. The lowest BCUT2D eigenvalue weighted by Gasteiger charge is -2.32. The molecule has 0 aromatic heterocycles. The molecule has 1 aliphatic heterocycles. The van der Waals surface area contributed by atoms with E-state index in [0.717, 1.165) is 18.5 Å². The predicted octanol–water partition coefficient (Wildman–Crippen LogP) is 3.31. The van der Waals surface area contributed by atoms with Crippen LogP contribution in [0.15, 0.2) is 35.9 Å². The molecule has 2 rings (SSSR count). The maximum Gasteiger partial charge on any atom is 0.227 e. The van der Waals surface area contributed by atoms with Crippen LogP contribution in [0, 0.1) is 16.7 Å². The fourth-order valence-corrected chi connectivity index (χ4v) is 2.56. The van der Waals surface area contributed by atoms with Gasteiger partial charge in [0.05, 0.1) is 18.1 Å². The molecule has 1 heterocycles. The fourth-order valence-electron chi connectivity index (χ4n) is 2.56. The molecule has 0 N–H and O–H groups in total. The molecule has 3 nitrogen and oxygen atoms in total. The Morgan fingerprint density at radius 3 is 2.43 bits per heavy atom. The molecule has 0 saturated heterocycles. The minimum Gasteiger partial charge on any atom is -0.338 e. The number of benzene rings is 1. The van der Waals surface area contributed by atoms with Crippen molar-refractivity contribution in [2.45, 2.75) is 33.6 Å². The summed E-state index contributed by atoms with van der Waals surface area (Å²) >= 11 is 0. The van der Waals surface area contributed by atoms with Gasteiger partial charge in [-0.1, -0.05) is 44.6 Å². The second-order valence-corrected chi connectivity index (χ2v) is 6.55. The molecular weight excluding hydrogens is 260 g/mol. The third-order valence-electron chi connectivity index (χ3n) is 3.96. The van der Waals surface area contributed by atoms with Crippen LogP contribution < -0.4 is 0 Å². The van der Waals surface area contributed by atoms with Gasteiger partial charge >= 0.3 is 0 Å². The number of hydrogen-bond donors (Lipinski definition) is 0. The summed E-state index contributed by atoms with van der Waals surface area (Å²) in [5.41, 5.74) is 3.22. The van der Waals surface area contributed by atoms with Crippen LogP contribution in [-0.2, 0) is 11.2 Å². The zero-order valence-electron chi connectivity index (χ0n) is 13.0. The van der Waals surface area contributed by atoms with Crippen molar-refractivity contribution in [2.75, 3.05) is 13.1 Å². The topological polar surface area (TPSA) is 44.1 Å². The molecule has 21 heavy (non-hydrogen) atoms. The Bertz CT molecular complexity index is 585. The highest BCUT2D eigenvalue weighted by Crippen LogP contribution is 2.30. The van der Waals surface area contributed by atoms with E-state index in [1.54, 1.807) is 12.1 Å². The van der Waals surface area contributed by atoms with Gasteiger partial charge in [-0.3, -0.25) is 4.79 Å². The summed E-state index contributed by atoms with van der Waals surface area (Å²) in [5.74, 6) is 0.156. The molecule has 1 aromatic rings. The lowest BCUT2D eigenvalue weighted by atomic mass is 9.83. The van der Waals surface area contributed by atoms with Crippen molar-refractivity contribution in [2.24, 2.45) is 5.41 Å². The second kappa shape index (κ2) is 6.13. The first-order valence-electron chi connectivity index (χ1n) is 7.36. The average Bonchev–Trinajstić information content (AvgIpc) is 2.47. The van der Waals surface area contributed by atoms with Crippen LogP contribution in [0.1, 0.15) is 38.3 Å². The average molecular weight is 282 g/mol. The smallest absolute Gasteiger partial charge is 0.227 e. The molecule has 1 aliphatic rings. The van der Waals surface area contributed by atoms with Crippen molar-refractivity contribution >= 4 is 5.91 Å². The maximum absolute atomic E-state index is 12.3. The Morgan fingerprint density at radius 2 is 1.95 bits per heavy atom. The molecule has 110 valence electrons. The summed E-state index contributed by atoms with van der Waals surface area (Å²) in [6.45, 7) is 8.16. The standard InChI is InChI=1S/C18H22N2O/c1-18(2,3)16-8-10-20(11-9-16)17(21)12-14-4-6-15(13-19)7-5-14/h4-8H,9-12H2,1-3H3. The van der Waals surface area contributed by atoms with Crippen molar-refractivity contribution in [3.8, 4) is 6.07 Å². The van der Waals surface area contributed by atoms with Gasteiger partial charge in [0.25, 0.3) is 0 Å². The highest BCUT2D eigenvalue weighted by atomic mass is 16.2. The zero-order chi connectivity index (χ0) is 15.5. The SMILES string of the molecule is CC(C)(C)C1=CCN(C(=O)Cc2ccc(C#N)cc2)CC1. The van der Waals surface area contributed by atoms with Gasteiger partial charge in [0.1, 0.15) is 0 Å². The number of nitrogens with zero attached hydrogens (tertiary/aromatic N) is 2. The molecule has 0 unspecified atom stereocenters. The Labute approximate surface area is 126 Å². The second-order valence-electron chi connectivity index (χ2n) is 6.55. The molecule has 0 saturated carbocycles. The molecule has 0 fully saturated rings. The largest absolute Gasteiger partial charge is 0.338 e. The van der Waals surface area contributed by atoms with Crippen LogP contribution in [-0.4, -0.2) is 23.9 Å². The van der Waals surface area contributed by atoms with E-state index in [2.05, 4.69) is 32.9 Å². The lowest BCUT2D eigenvalue weighted by molar-refractivity contribution is -0.130. The molecule has 0 atom stereocenters. The van der Waals surface area contributed by atoms with Gasteiger partial charge in [0, 0.05) is 13.1 Å². The first-order chi connectivity index (χ1) is 9.90. The highest BCUT2D eigenvalue weighted by Gasteiger charge is 2.23. The first-order valence-corrected chi connectivity index (χ1v) is 7.36. The Morgan fingerprint density at radius 1 is 1.29 bits per heavy atom. The number of carbonyl (C=O) groups excluding carboxylic acids is 1. The van der Waals surface area contributed by atoms with Crippen molar-refractivity contribution < 1.29 is 4.79 Å². The maximum atomic E-state index is 12.3. The predicted molar refractivity (Wildman–Crippen MR) is 83.6 cm³/mol. The zero-order valence-corrected chi connectivity index (χ0v) is 13.0. The van der Waals surface area contributed by atoms with E-state index >= 15 is 0 Å². The first kappa shape index (κ1) is 15.3. The van der Waals surface area contributed by atoms with E-state index in [4.69, 9.17) is 5.26 Å². The van der Waals surface area contributed by atoms with E-state index in [-0.39, 0.29) is 11.3 Å². The van der Waals surface area contributed by atoms with Gasteiger partial charge in [-0.25, -0.2) is 0 Å². The summed E-state index contributed by atoms with van der Waals surface area (Å²) in [7, 11) is 0. The van der Waals surface area contributed by atoms with Gasteiger partial charge in [-0.05, 0) is 29.5 Å². The van der Waals surface area contributed by atoms with E-state index in [1.807, 2.05) is 17.0 Å². The molecule has 0 radical (unpaired) electrons. The van der Waals surface area contributed by atoms with E-state index in [1.165, 1.54) is 5.57 Å². The highest BCUT2D eigenvalue weighted by molar-refractivity contribution is 5.79. The van der Waals surface area contributed by atoms with Crippen LogP contribution in [0.5, 0.6) is 0 Å². The van der Waals surface area contributed by atoms with Crippen molar-refractivity contribution in [1.29, 1.82) is 5.26 Å². The molecular formula is C18H22N2O. The molecule has 0 aliphatic carbocycles. The van der Waals surface area contributed by atoms with E-state index < -0.39 is 0 Å². The normalized spacial score (nSPS) is 15.3. The number of amides is 1. The van der Waals surface area contributed by atoms with Gasteiger partial charge in [0.15, 0.2) is 0 Å². The summed E-state index contributed by atoms with van der Waals surface area (Å²) in [4.78, 5) is 14.2. The minimum atomic E-state index is 0.156. The molecule has 0 spiro atoms. The molecule has 0 bridgehead atoms. The number of hydrogen-bond acceptors (Lipinski definition) is 2. The molecule has 1 aromatic carbocycles. The summed E-state index contributed by atoms with van der Waals surface area (Å²) in [6.07, 6.45) is 3.56. The van der Waals surface area contributed by atoms with Gasteiger partial charge in [-0.15, -0.1) is 0 Å². The minimum absolute atomic E-state index is 0.156. The monoisotopic (exact) mass is 282 g/mol. The quantitative estimate of drug-likeness (QED) is 0.781. The van der Waals surface area contributed by atoms with Crippen LogP contribution >= 0.6 is 0 Å². The van der Waals surface area contributed by atoms with E-state index in [0.29, 0.717) is 18.5 Å². The summed E-state index contributed by atoms with van der Waals surface area (Å²) in [6, 6.07) is 9.32. The van der Waals surface area contributed by atoms with Crippen LogP contribution in [0.2, 0.25) is 0 Å². The molecule has 1 amide bonds. The van der Waals surface area contributed by atoms with Crippen molar-refractivity contribution in [3.05, 3.63) is 47.0 Å². The number of rotatable bonds is 2. The van der Waals surface area contributed by atoms with Gasteiger partial charge in [-0.2, -0.15) is 5.26 Å². The Kier molecular flexibility index (Phi) is 4.47. The molecule has 3 heteroatoms. The third kappa shape index (κ3) is 3.95. The van der Waals surface area contributed by atoms with Crippen molar-refractivity contribution in [1.82, 2.24) is 4.90 Å². The number of carbonyl (C=O) groups is 1. The van der Waals surface area contributed by atoms with Crippen molar-refractivity contribution in [3.63, 3.8) is 0 Å². The number of nitriles is 1. The van der Waals surface area contributed by atoms with Gasteiger partial charge < -0.3 is 4.90 Å². The Balaban J connectivity index is 1.96. The lowest BCUT2D eigenvalue weighted by Crippen LogP contribution is -2.37. The third-order valence-corrected chi connectivity index (χ3v) is 3.96. The van der Waals surface area contributed by atoms with Crippen LogP contribution in [0.4, 0.5) is 0 Å². The summed E-state index contributed by atoms with van der Waals surface area (Å²) in [5, 5.41) is 8.77. The van der Waals surface area contributed by atoms with E-state index in [9.17, 15) is 4.79 Å². The van der Waals surface area contributed by atoms with Crippen LogP contribution in [0.25, 0.3) is 0 Å². The van der Waals surface area contributed by atoms with Gasteiger partial charge in [0.2, 0.25) is 5.91 Å².